The number of hydrogen-bond acceptors (Lipinski definition) is 4. The summed E-state index contributed by atoms with van der Waals surface area (Å²) in [5.41, 5.74) is -1.40. The van der Waals surface area contributed by atoms with Crippen molar-refractivity contribution in [1.29, 1.82) is 0 Å². The Morgan fingerprint density at radius 2 is 2.00 bits per heavy atom. The van der Waals surface area contributed by atoms with Gasteiger partial charge in [0.15, 0.2) is 11.6 Å². The summed E-state index contributed by atoms with van der Waals surface area (Å²) < 4.78 is 7.39. The van der Waals surface area contributed by atoms with E-state index in [1.807, 2.05) is 0 Å². The lowest BCUT2D eigenvalue weighted by molar-refractivity contribution is -0.132. The second kappa shape index (κ2) is 3.75. The smallest absolute Gasteiger partial charge is 0.196 e. The van der Waals surface area contributed by atoms with E-state index >= 15 is 0 Å². The first-order valence-electron chi connectivity index (χ1n) is 5.92. The summed E-state index contributed by atoms with van der Waals surface area (Å²) in [7, 11) is 1.78. The van der Waals surface area contributed by atoms with Crippen molar-refractivity contribution >= 4 is 11.6 Å². The van der Waals surface area contributed by atoms with Crippen LogP contribution in [0.2, 0.25) is 0 Å². The maximum atomic E-state index is 12.4. The van der Waals surface area contributed by atoms with Crippen molar-refractivity contribution in [3.63, 3.8) is 0 Å². The van der Waals surface area contributed by atoms with Gasteiger partial charge in [0.1, 0.15) is 17.2 Å². The predicted molar refractivity (Wildman–Crippen MR) is 65.3 cm³/mol. The molecule has 2 heterocycles. The number of aryl methyl sites for hydroxylation is 1. The normalized spacial score (nSPS) is 25.4. The van der Waals surface area contributed by atoms with Crippen LogP contribution in [0.25, 0.3) is 0 Å². The van der Waals surface area contributed by atoms with E-state index in [9.17, 15) is 9.59 Å². The fourth-order valence-corrected chi connectivity index (χ4v) is 2.55. The summed E-state index contributed by atoms with van der Waals surface area (Å²) in [6.07, 6.45) is 3.17. The fraction of sp³-hybridized carbons (Fsp3) is 0.615. The first-order chi connectivity index (χ1) is 8.15. The second-order valence-electron chi connectivity index (χ2n) is 5.80. The lowest BCUT2D eigenvalue weighted by atomic mass is 9.82. The third-order valence-electron chi connectivity index (χ3n) is 3.29. The maximum absolute atomic E-state index is 12.4. The molecular weight excluding hydrogens is 232 g/mol. The molecule has 0 aliphatic carbocycles. The molecule has 0 spiro atoms. The minimum Gasteiger partial charge on any atom is -0.361 e. The fourth-order valence-electron chi connectivity index (χ4n) is 2.55. The highest BCUT2D eigenvalue weighted by Gasteiger charge is 2.56. The quantitative estimate of drug-likeness (QED) is 0.587. The van der Waals surface area contributed by atoms with E-state index in [1.165, 1.54) is 0 Å². The van der Waals surface area contributed by atoms with Crippen LogP contribution in [0.1, 0.15) is 38.2 Å². The number of ether oxygens (including phenoxy) is 1. The van der Waals surface area contributed by atoms with E-state index < -0.39 is 17.1 Å². The molecule has 1 aromatic rings. The monoisotopic (exact) mass is 250 g/mol. The molecule has 1 aliphatic heterocycles. The van der Waals surface area contributed by atoms with Gasteiger partial charge >= 0.3 is 0 Å². The Labute approximate surface area is 106 Å². The van der Waals surface area contributed by atoms with Crippen LogP contribution in [-0.4, -0.2) is 32.3 Å². The molecule has 1 atom stereocenters. The number of ketones is 2. The Balaban J connectivity index is 2.38. The van der Waals surface area contributed by atoms with Gasteiger partial charge in [0, 0.05) is 13.2 Å². The molecule has 0 aromatic carbocycles. The van der Waals surface area contributed by atoms with Crippen molar-refractivity contribution in [2.24, 2.45) is 13.0 Å². The van der Waals surface area contributed by atoms with E-state index in [0.717, 1.165) is 0 Å². The molecule has 98 valence electrons. The van der Waals surface area contributed by atoms with Crippen LogP contribution < -0.4 is 0 Å². The second-order valence-corrected chi connectivity index (χ2v) is 5.80. The molecule has 0 amide bonds. The summed E-state index contributed by atoms with van der Waals surface area (Å²) in [5, 5.41) is 0. The van der Waals surface area contributed by atoms with Gasteiger partial charge in [-0.25, -0.2) is 4.98 Å². The van der Waals surface area contributed by atoms with Gasteiger partial charge in [-0.15, -0.1) is 0 Å². The molecule has 5 heteroatoms. The SMILES string of the molecule is Cn1cnc(C(=O)C2C(=O)C(C)(C)OC2(C)C)c1. The highest BCUT2D eigenvalue weighted by Crippen LogP contribution is 2.40. The summed E-state index contributed by atoms with van der Waals surface area (Å²) in [4.78, 5) is 28.7. The Bertz CT molecular complexity index is 514. The van der Waals surface area contributed by atoms with Crippen molar-refractivity contribution in [3.05, 3.63) is 18.2 Å². The van der Waals surface area contributed by atoms with E-state index in [-0.39, 0.29) is 11.6 Å². The molecule has 1 aromatic heterocycles. The maximum Gasteiger partial charge on any atom is 0.196 e. The van der Waals surface area contributed by atoms with Gasteiger partial charge in [0.2, 0.25) is 0 Å². The number of aromatic nitrogens is 2. The van der Waals surface area contributed by atoms with Gasteiger partial charge in [0.25, 0.3) is 0 Å². The molecule has 18 heavy (non-hydrogen) atoms. The number of carbonyl (C=O) groups is 2. The Morgan fingerprint density at radius 1 is 1.39 bits per heavy atom. The average Bonchev–Trinajstić information content (AvgIpc) is 2.68. The van der Waals surface area contributed by atoms with Crippen LogP contribution in [0.3, 0.4) is 0 Å². The Kier molecular flexibility index (Phi) is 2.70. The molecular formula is C13H18N2O3. The lowest BCUT2D eigenvalue weighted by Crippen LogP contribution is -2.37. The van der Waals surface area contributed by atoms with E-state index in [1.54, 1.807) is 51.8 Å². The van der Waals surface area contributed by atoms with Gasteiger partial charge in [-0.1, -0.05) is 0 Å². The highest BCUT2D eigenvalue weighted by molar-refractivity contribution is 6.14. The van der Waals surface area contributed by atoms with E-state index in [0.29, 0.717) is 5.69 Å². The molecule has 2 rings (SSSR count). The Morgan fingerprint density at radius 3 is 2.39 bits per heavy atom. The first kappa shape index (κ1) is 13.0. The number of rotatable bonds is 2. The minimum absolute atomic E-state index is 0.178. The number of nitrogens with zero attached hydrogens (tertiary/aromatic N) is 2. The molecule has 0 radical (unpaired) electrons. The van der Waals surface area contributed by atoms with Crippen molar-refractivity contribution in [3.8, 4) is 0 Å². The molecule has 0 N–H and O–H groups in total. The van der Waals surface area contributed by atoms with Gasteiger partial charge in [-0.2, -0.15) is 0 Å². The predicted octanol–water partition coefficient (Wildman–Crippen LogP) is 1.38. The van der Waals surface area contributed by atoms with E-state index in [4.69, 9.17) is 4.74 Å². The Hall–Kier alpha value is -1.49. The van der Waals surface area contributed by atoms with Crippen LogP contribution in [0.15, 0.2) is 12.5 Å². The zero-order chi connectivity index (χ0) is 13.7. The molecule has 1 fully saturated rings. The van der Waals surface area contributed by atoms with Crippen LogP contribution in [0, 0.1) is 5.92 Å². The first-order valence-corrected chi connectivity index (χ1v) is 5.92. The number of hydrogen-bond donors (Lipinski definition) is 0. The van der Waals surface area contributed by atoms with Gasteiger partial charge in [0.05, 0.1) is 11.9 Å². The largest absolute Gasteiger partial charge is 0.361 e. The van der Waals surface area contributed by atoms with Gasteiger partial charge in [-0.05, 0) is 27.7 Å². The number of Topliss-reactive ketones (excluding diaryl/α,β-unsaturated/α-hetero) is 2. The average molecular weight is 250 g/mol. The van der Waals surface area contributed by atoms with Crippen molar-refractivity contribution < 1.29 is 14.3 Å². The number of imidazole rings is 1. The van der Waals surface area contributed by atoms with Crippen LogP contribution in [0.5, 0.6) is 0 Å². The van der Waals surface area contributed by atoms with Crippen LogP contribution >= 0.6 is 0 Å². The zero-order valence-corrected chi connectivity index (χ0v) is 11.4. The highest BCUT2D eigenvalue weighted by atomic mass is 16.5. The zero-order valence-electron chi connectivity index (χ0n) is 11.4. The third kappa shape index (κ3) is 1.88. The summed E-state index contributed by atoms with van der Waals surface area (Å²) in [6.45, 7) is 6.93. The molecule has 1 aliphatic rings. The summed E-state index contributed by atoms with van der Waals surface area (Å²) >= 11 is 0. The molecule has 0 saturated carbocycles. The molecule has 5 nitrogen and oxygen atoms in total. The summed E-state index contributed by atoms with van der Waals surface area (Å²) in [6, 6.07) is 0. The molecule has 0 bridgehead atoms. The van der Waals surface area contributed by atoms with Crippen LogP contribution in [0.4, 0.5) is 0 Å². The topological polar surface area (TPSA) is 61.2 Å². The third-order valence-corrected chi connectivity index (χ3v) is 3.29. The lowest BCUT2D eigenvalue weighted by Gasteiger charge is -2.24. The summed E-state index contributed by atoms with van der Waals surface area (Å²) in [5.74, 6) is -1.23. The van der Waals surface area contributed by atoms with Gasteiger partial charge in [-0.3, -0.25) is 9.59 Å². The van der Waals surface area contributed by atoms with Crippen molar-refractivity contribution in [1.82, 2.24) is 9.55 Å². The standard InChI is InChI=1S/C13H18N2O3/c1-12(2)9(11(17)13(3,4)18-12)10(16)8-6-15(5)7-14-8/h6-7,9H,1-5H3. The minimum atomic E-state index is -0.918. The van der Waals surface area contributed by atoms with E-state index in [2.05, 4.69) is 4.98 Å². The molecule has 1 unspecified atom stereocenters. The van der Waals surface area contributed by atoms with Gasteiger partial charge < -0.3 is 9.30 Å². The van der Waals surface area contributed by atoms with Crippen molar-refractivity contribution in [2.75, 3.05) is 0 Å². The number of carbonyl (C=O) groups excluding carboxylic acids is 2. The van der Waals surface area contributed by atoms with Crippen molar-refractivity contribution in [2.45, 2.75) is 38.9 Å². The molecule has 1 saturated heterocycles. The van der Waals surface area contributed by atoms with Crippen LogP contribution in [-0.2, 0) is 16.6 Å².